The van der Waals surface area contributed by atoms with E-state index in [4.69, 9.17) is 9.47 Å². The molecule has 0 amide bonds. The van der Waals surface area contributed by atoms with E-state index >= 15 is 0 Å². The van der Waals surface area contributed by atoms with E-state index in [0.29, 0.717) is 35.4 Å². The molecule has 2 aromatic heterocycles. The number of rotatable bonds is 4. The first-order chi connectivity index (χ1) is 16.7. The summed E-state index contributed by atoms with van der Waals surface area (Å²) < 4.78 is 11.2. The number of nitrogens with zero attached hydrogens (tertiary/aromatic N) is 2. The van der Waals surface area contributed by atoms with Crippen molar-refractivity contribution in [2.45, 2.75) is 0 Å². The number of hydrogen-bond donors (Lipinski definition) is 4. The molecule has 172 valence electrons. The van der Waals surface area contributed by atoms with Gasteiger partial charge in [0, 0.05) is 11.5 Å². The Hall–Kier alpha value is -3.66. The molecule has 0 spiro atoms. The normalized spacial score (nSPS) is 13.7. The summed E-state index contributed by atoms with van der Waals surface area (Å²) in [5.74, 6) is 1.38. The van der Waals surface area contributed by atoms with E-state index in [0.717, 1.165) is 9.75 Å². The molecule has 8 nitrogen and oxygen atoms in total. The fourth-order valence-electron chi connectivity index (χ4n) is 3.06. The van der Waals surface area contributed by atoms with Gasteiger partial charge in [0.1, 0.15) is 12.5 Å². The zero-order valence-corrected chi connectivity index (χ0v) is 22.8. The van der Waals surface area contributed by atoms with E-state index in [-0.39, 0.29) is 31.0 Å². The summed E-state index contributed by atoms with van der Waals surface area (Å²) >= 11 is 3.10. The van der Waals surface area contributed by atoms with Crippen molar-refractivity contribution in [2.75, 3.05) is 0 Å². The van der Waals surface area contributed by atoms with Crippen molar-refractivity contribution < 1.29 is 39.2 Å². The van der Waals surface area contributed by atoms with Gasteiger partial charge in [0.2, 0.25) is 11.8 Å². The van der Waals surface area contributed by atoms with Crippen molar-refractivity contribution in [2.24, 2.45) is 10.2 Å². The van der Waals surface area contributed by atoms with Gasteiger partial charge in [-0.1, -0.05) is 47.5 Å². The zero-order chi connectivity index (χ0) is 23.3. The summed E-state index contributed by atoms with van der Waals surface area (Å²) in [5, 5.41) is 31.5. The van der Waals surface area contributed by atoms with Gasteiger partial charge in [-0.15, -0.1) is 45.0 Å². The largest absolute Gasteiger partial charge is 2.00 e. The maximum atomic E-state index is 9.70. The number of hydrogen-bond acceptors (Lipinski definition) is 10. The zero-order valence-electron chi connectivity index (χ0n) is 18.2. The van der Waals surface area contributed by atoms with Crippen LogP contribution in [0.2, 0.25) is 0 Å². The number of phenolic OH excluding ortho intramolecular Hbond substituents is 2. The van der Waals surface area contributed by atoms with E-state index in [1.807, 2.05) is 47.2 Å². The van der Waals surface area contributed by atoms with Gasteiger partial charge >= 0.3 is 19.5 Å². The molecule has 0 saturated carbocycles. The Bertz CT molecular complexity index is 1210. The molecule has 0 bridgehead atoms. The predicted molar refractivity (Wildman–Crippen MR) is 131 cm³/mol. The van der Waals surface area contributed by atoms with Crippen LogP contribution in [0.5, 0.6) is 11.5 Å². The first-order valence-corrected chi connectivity index (χ1v) is 11.9. The third-order valence-electron chi connectivity index (χ3n) is 4.68. The molecule has 2 aliphatic rings. The Morgan fingerprint density at radius 3 is 1.43 bits per heavy atom. The van der Waals surface area contributed by atoms with Crippen LogP contribution >= 0.6 is 22.7 Å². The van der Waals surface area contributed by atoms with Gasteiger partial charge in [-0.25, -0.2) is 0 Å². The molecular formula is C24H18N4O4S2Zn. The number of hydrazone groups is 2. The van der Waals surface area contributed by atoms with E-state index in [1.165, 1.54) is 0 Å². The topological polar surface area (TPSA) is 108 Å². The van der Waals surface area contributed by atoms with Crippen molar-refractivity contribution in [3.63, 3.8) is 0 Å². The van der Waals surface area contributed by atoms with Gasteiger partial charge in [-0.2, -0.15) is 12.1 Å². The van der Waals surface area contributed by atoms with Crippen LogP contribution in [0.4, 0.5) is 0 Å². The van der Waals surface area contributed by atoms with Crippen molar-refractivity contribution in [3.05, 3.63) is 117 Å². The van der Waals surface area contributed by atoms with Crippen LogP contribution < -0.4 is 10.9 Å². The molecule has 0 aliphatic carbocycles. The molecule has 6 rings (SSSR count). The maximum Gasteiger partial charge on any atom is 2.00 e. The van der Waals surface area contributed by atoms with Crippen LogP contribution in [0, 0.1) is 12.5 Å². The fourth-order valence-corrected chi connectivity index (χ4v) is 4.36. The Kier molecular flexibility index (Phi) is 7.82. The fraction of sp³-hybridized carbons (Fsp3) is 0. The standard InChI is InChI=1S/2C12H9N2O2S.Zn/c2*15-9-5-2-1-4-8(9)11-13-14-12(16-11)10-6-3-7-17-10;/h2*1-7,13,15H;/q2*-1;+2. The summed E-state index contributed by atoms with van der Waals surface area (Å²) in [6.07, 6.45) is 0.901. The average Bonchev–Trinajstić information content (AvgIpc) is 3.66. The van der Waals surface area contributed by atoms with Crippen LogP contribution in [-0.4, -0.2) is 22.0 Å². The van der Waals surface area contributed by atoms with Crippen molar-refractivity contribution in [1.82, 2.24) is 10.9 Å². The van der Waals surface area contributed by atoms with Gasteiger partial charge in [-0.05, 0) is 22.9 Å². The molecule has 0 fully saturated rings. The van der Waals surface area contributed by atoms with E-state index in [1.54, 1.807) is 59.1 Å². The molecule has 4 aromatic rings. The molecule has 0 radical (unpaired) electrons. The van der Waals surface area contributed by atoms with E-state index < -0.39 is 0 Å². The molecule has 35 heavy (non-hydrogen) atoms. The SMILES string of the molecule is Oc1ccccc1[C-]1NN=C(c2cccs2)O1.Oc1ccccc1[C-]1NN=C(c2cccs2)O1.[Zn+2]. The van der Waals surface area contributed by atoms with Gasteiger partial charge < -0.3 is 19.7 Å². The number of para-hydroxylation sites is 2. The van der Waals surface area contributed by atoms with Crippen LogP contribution in [0.15, 0.2) is 93.8 Å². The minimum Gasteiger partial charge on any atom is -0.565 e. The molecule has 0 atom stereocenters. The maximum absolute atomic E-state index is 9.70. The average molecular weight is 556 g/mol. The molecule has 0 saturated heterocycles. The van der Waals surface area contributed by atoms with Crippen molar-refractivity contribution in [3.8, 4) is 11.5 Å². The van der Waals surface area contributed by atoms with Gasteiger partial charge in [0.25, 0.3) is 0 Å². The summed E-state index contributed by atoms with van der Waals surface area (Å²) in [7, 11) is 0. The molecule has 2 aromatic carbocycles. The summed E-state index contributed by atoms with van der Waals surface area (Å²) in [5.41, 5.74) is 6.76. The second kappa shape index (κ2) is 11.2. The Morgan fingerprint density at radius 1 is 0.629 bits per heavy atom. The molecule has 4 N–H and O–H groups in total. The third kappa shape index (κ3) is 5.54. The number of thiophene rings is 2. The van der Waals surface area contributed by atoms with Crippen molar-refractivity contribution in [1.29, 1.82) is 0 Å². The molecule has 0 unspecified atom stereocenters. The molecular weight excluding hydrogens is 538 g/mol. The van der Waals surface area contributed by atoms with E-state index in [2.05, 4.69) is 21.1 Å². The second-order valence-electron chi connectivity index (χ2n) is 6.91. The smallest absolute Gasteiger partial charge is 0.565 e. The van der Waals surface area contributed by atoms with Crippen LogP contribution in [-0.2, 0) is 29.0 Å². The minimum absolute atomic E-state index is 0. The predicted octanol–water partition coefficient (Wildman–Crippen LogP) is 4.54. The number of nitrogens with one attached hydrogen (secondary N) is 2. The Labute approximate surface area is 222 Å². The van der Waals surface area contributed by atoms with Gasteiger partial charge in [0.05, 0.1) is 9.75 Å². The van der Waals surface area contributed by atoms with Crippen LogP contribution in [0.1, 0.15) is 20.9 Å². The third-order valence-corrected chi connectivity index (χ3v) is 6.39. The molecule has 4 heterocycles. The Morgan fingerprint density at radius 2 is 1.06 bits per heavy atom. The van der Waals surface area contributed by atoms with Crippen molar-refractivity contribution >= 4 is 34.5 Å². The van der Waals surface area contributed by atoms with E-state index in [9.17, 15) is 10.2 Å². The summed E-state index contributed by atoms with van der Waals surface area (Å²) in [6.45, 7) is 0. The number of phenols is 2. The van der Waals surface area contributed by atoms with Gasteiger partial charge in [-0.3, -0.25) is 10.9 Å². The summed E-state index contributed by atoms with van der Waals surface area (Å²) in [4.78, 5) is 1.89. The quantitative estimate of drug-likeness (QED) is 0.217. The minimum atomic E-state index is 0. The van der Waals surface area contributed by atoms with Gasteiger partial charge in [0.15, 0.2) is 0 Å². The van der Waals surface area contributed by atoms with Crippen LogP contribution in [0.3, 0.4) is 0 Å². The number of ether oxygens (including phenoxy) is 2. The first kappa shape index (κ1) is 24.5. The monoisotopic (exact) mass is 554 g/mol. The number of benzene rings is 2. The summed E-state index contributed by atoms with van der Waals surface area (Å²) in [6, 6.07) is 21.7. The first-order valence-electron chi connectivity index (χ1n) is 10.1. The number of aromatic hydroxyl groups is 2. The Balaban J connectivity index is 0.000000160. The molecule has 11 heteroatoms. The molecule has 2 aliphatic heterocycles. The van der Waals surface area contributed by atoms with Crippen LogP contribution in [0.25, 0.3) is 0 Å². The second-order valence-corrected chi connectivity index (χ2v) is 8.80.